The zero-order valence-electron chi connectivity index (χ0n) is 8.19. The maximum absolute atomic E-state index is 10.8. The molecule has 0 spiro atoms. The van der Waals surface area contributed by atoms with Gasteiger partial charge in [-0.1, -0.05) is 18.1 Å². The van der Waals surface area contributed by atoms with Gasteiger partial charge in [-0.3, -0.25) is 0 Å². The number of benzene rings is 1. The molecule has 0 fully saturated rings. The first-order valence-corrected chi connectivity index (χ1v) is 4.29. The average molecular weight is 202 g/mol. The first kappa shape index (κ1) is 10.9. The van der Waals surface area contributed by atoms with Crippen molar-refractivity contribution in [3.8, 4) is 18.1 Å². The maximum atomic E-state index is 10.8. The van der Waals surface area contributed by atoms with E-state index in [0.29, 0.717) is 11.1 Å². The van der Waals surface area contributed by atoms with Gasteiger partial charge >= 0.3 is 5.97 Å². The molecule has 0 saturated carbocycles. The van der Waals surface area contributed by atoms with E-state index in [0.717, 1.165) is 0 Å². The highest BCUT2D eigenvalue weighted by Crippen LogP contribution is 2.25. The van der Waals surface area contributed by atoms with Gasteiger partial charge in [0.1, 0.15) is 11.3 Å². The second kappa shape index (κ2) is 4.34. The highest BCUT2D eigenvalue weighted by atomic mass is 16.4. The van der Waals surface area contributed by atoms with E-state index >= 15 is 0 Å². The molecule has 1 aromatic carbocycles. The molecule has 3 heteroatoms. The maximum Gasteiger partial charge on any atom is 0.339 e. The Kier molecular flexibility index (Phi) is 3.14. The molecule has 76 valence electrons. The molecule has 0 unspecified atom stereocenters. The molecule has 3 nitrogen and oxygen atoms in total. The Balaban J connectivity index is 3.48. The summed E-state index contributed by atoms with van der Waals surface area (Å²) in [5, 5.41) is 18.4. The summed E-state index contributed by atoms with van der Waals surface area (Å²) in [7, 11) is 0. The van der Waals surface area contributed by atoms with Crippen LogP contribution in [0.1, 0.15) is 28.4 Å². The Morgan fingerprint density at radius 2 is 2.20 bits per heavy atom. The zero-order chi connectivity index (χ0) is 11.4. The molecule has 0 radical (unpaired) electrons. The van der Waals surface area contributed by atoms with Crippen molar-refractivity contribution in [2.45, 2.75) is 6.92 Å². The molecule has 0 amide bonds. The first-order chi connectivity index (χ1) is 7.10. The standard InChI is InChI=1S/C12H10O3/c1-3-5-9-6-8(4-2)7-10(11(9)13)12(14)15/h2-3,5-7,13H,1H3,(H,14,15)/b5-3-. The fourth-order valence-corrected chi connectivity index (χ4v) is 1.21. The van der Waals surface area contributed by atoms with Crippen LogP contribution in [0, 0.1) is 12.3 Å². The van der Waals surface area contributed by atoms with Gasteiger partial charge in [0.2, 0.25) is 0 Å². The number of carboxylic acids is 1. The number of aromatic carboxylic acids is 1. The van der Waals surface area contributed by atoms with E-state index in [4.69, 9.17) is 11.5 Å². The molecule has 0 aliphatic heterocycles. The van der Waals surface area contributed by atoms with Crippen LogP contribution < -0.4 is 0 Å². The predicted molar refractivity (Wildman–Crippen MR) is 57.7 cm³/mol. The highest BCUT2D eigenvalue weighted by molar-refractivity contribution is 5.93. The summed E-state index contributed by atoms with van der Waals surface area (Å²) in [5.74, 6) is 0.877. The summed E-state index contributed by atoms with van der Waals surface area (Å²) < 4.78 is 0. The van der Waals surface area contributed by atoms with Crippen LogP contribution in [-0.2, 0) is 0 Å². The monoisotopic (exact) mass is 202 g/mol. The lowest BCUT2D eigenvalue weighted by Gasteiger charge is -2.04. The molecule has 0 atom stereocenters. The molecular formula is C12H10O3. The van der Waals surface area contributed by atoms with Crippen LogP contribution in [-0.4, -0.2) is 16.2 Å². The van der Waals surface area contributed by atoms with Crippen LogP contribution in [0.3, 0.4) is 0 Å². The van der Waals surface area contributed by atoms with Crippen LogP contribution in [0.4, 0.5) is 0 Å². The van der Waals surface area contributed by atoms with E-state index in [2.05, 4.69) is 5.92 Å². The number of hydrogen-bond donors (Lipinski definition) is 2. The van der Waals surface area contributed by atoms with E-state index in [1.54, 1.807) is 25.1 Å². The summed E-state index contributed by atoms with van der Waals surface area (Å²) in [6.07, 6.45) is 8.48. The lowest BCUT2D eigenvalue weighted by Crippen LogP contribution is -1.99. The summed E-state index contributed by atoms with van der Waals surface area (Å²) in [4.78, 5) is 10.8. The Labute approximate surface area is 87.7 Å². The molecule has 0 aliphatic rings. The molecular weight excluding hydrogens is 192 g/mol. The molecule has 0 aliphatic carbocycles. The number of rotatable bonds is 2. The van der Waals surface area contributed by atoms with Crippen LogP contribution in [0.5, 0.6) is 5.75 Å². The van der Waals surface area contributed by atoms with Crippen molar-refractivity contribution in [3.05, 3.63) is 34.9 Å². The predicted octanol–water partition coefficient (Wildman–Crippen LogP) is 2.10. The summed E-state index contributed by atoms with van der Waals surface area (Å²) in [6, 6.07) is 2.83. The molecule has 1 rings (SSSR count). The number of aromatic hydroxyl groups is 1. The largest absolute Gasteiger partial charge is 0.506 e. The third kappa shape index (κ3) is 2.18. The van der Waals surface area contributed by atoms with Gasteiger partial charge in [0.15, 0.2) is 0 Å². The number of carbonyl (C=O) groups is 1. The Hall–Kier alpha value is -2.21. The third-order valence-electron chi connectivity index (χ3n) is 1.88. The summed E-state index contributed by atoms with van der Waals surface area (Å²) >= 11 is 0. The molecule has 0 heterocycles. The van der Waals surface area contributed by atoms with E-state index in [1.807, 2.05) is 0 Å². The highest BCUT2D eigenvalue weighted by Gasteiger charge is 2.13. The smallest absolute Gasteiger partial charge is 0.339 e. The summed E-state index contributed by atoms with van der Waals surface area (Å²) in [6.45, 7) is 1.77. The number of terminal acetylenes is 1. The third-order valence-corrected chi connectivity index (χ3v) is 1.88. The molecule has 15 heavy (non-hydrogen) atoms. The molecule has 0 aromatic heterocycles. The first-order valence-electron chi connectivity index (χ1n) is 4.29. The lowest BCUT2D eigenvalue weighted by molar-refractivity contribution is 0.0693. The van der Waals surface area contributed by atoms with Crippen LogP contribution >= 0.6 is 0 Å². The normalized spacial score (nSPS) is 10.1. The topological polar surface area (TPSA) is 57.5 Å². The van der Waals surface area contributed by atoms with Gasteiger partial charge in [-0.25, -0.2) is 4.79 Å². The van der Waals surface area contributed by atoms with Crippen LogP contribution in [0.15, 0.2) is 18.2 Å². The van der Waals surface area contributed by atoms with E-state index < -0.39 is 5.97 Å². The van der Waals surface area contributed by atoms with Crippen LogP contribution in [0.25, 0.3) is 6.08 Å². The SMILES string of the molecule is C#Cc1cc(/C=C\C)c(O)c(C(=O)O)c1. The minimum Gasteiger partial charge on any atom is -0.506 e. The summed E-state index contributed by atoms with van der Waals surface area (Å²) in [5.41, 5.74) is 0.655. The minimum absolute atomic E-state index is 0.182. The second-order valence-electron chi connectivity index (χ2n) is 2.91. The molecule has 0 bridgehead atoms. The van der Waals surface area contributed by atoms with E-state index in [1.165, 1.54) is 6.07 Å². The minimum atomic E-state index is -1.20. The van der Waals surface area contributed by atoms with Crippen LogP contribution in [0.2, 0.25) is 0 Å². The van der Waals surface area contributed by atoms with Crippen molar-refractivity contribution in [1.29, 1.82) is 0 Å². The van der Waals surface area contributed by atoms with Crippen molar-refractivity contribution in [2.24, 2.45) is 0 Å². The average Bonchev–Trinajstić information content (AvgIpc) is 2.21. The lowest BCUT2D eigenvalue weighted by atomic mass is 10.0. The Bertz CT molecular complexity index is 464. The zero-order valence-corrected chi connectivity index (χ0v) is 8.19. The fourth-order valence-electron chi connectivity index (χ4n) is 1.21. The van der Waals surface area contributed by atoms with Gasteiger partial charge < -0.3 is 10.2 Å². The van der Waals surface area contributed by atoms with E-state index in [9.17, 15) is 9.90 Å². The van der Waals surface area contributed by atoms with Gasteiger partial charge in [-0.15, -0.1) is 6.42 Å². The van der Waals surface area contributed by atoms with Gasteiger partial charge in [0.05, 0.1) is 0 Å². The number of hydrogen-bond acceptors (Lipinski definition) is 2. The van der Waals surface area contributed by atoms with E-state index in [-0.39, 0.29) is 11.3 Å². The molecule has 2 N–H and O–H groups in total. The van der Waals surface area contributed by atoms with Crippen molar-refractivity contribution in [1.82, 2.24) is 0 Å². The quantitative estimate of drug-likeness (QED) is 0.722. The van der Waals surface area contributed by atoms with Gasteiger partial charge in [0.25, 0.3) is 0 Å². The second-order valence-corrected chi connectivity index (χ2v) is 2.91. The number of phenols is 1. The van der Waals surface area contributed by atoms with Gasteiger partial charge in [0, 0.05) is 11.1 Å². The number of carboxylic acid groups (broad SMARTS) is 1. The van der Waals surface area contributed by atoms with Gasteiger partial charge in [-0.05, 0) is 19.1 Å². The Morgan fingerprint density at radius 3 is 2.67 bits per heavy atom. The van der Waals surface area contributed by atoms with Crippen molar-refractivity contribution >= 4 is 12.0 Å². The van der Waals surface area contributed by atoms with Crippen molar-refractivity contribution in [2.75, 3.05) is 0 Å². The number of allylic oxidation sites excluding steroid dienone is 1. The molecule has 0 saturated heterocycles. The fraction of sp³-hybridized carbons (Fsp3) is 0.0833. The van der Waals surface area contributed by atoms with Crippen molar-refractivity contribution in [3.63, 3.8) is 0 Å². The van der Waals surface area contributed by atoms with Gasteiger partial charge in [-0.2, -0.15) is 0 Å². The Morgan fingerprint density at radius 1 is 1.53 bits per heavy atom. The molecule has 1 aromatic rings. The van der Waals surface area contributed by atoms with Crippen molar-refractivity contribution < 1.29 is 15.0 Å².